The van der Waals surface area contributed by atoms with Crippen molar-refractivity contribution in [2.45, 2.75) is 37.4 Å². The third-order valence-electron chi connectivity index (χ3n) is 6.07. The van der Waals surface area contributed by atoms with Crippen molar-refractivity contribution < 1.29 is 33.0 Å². The number of nitrogens with zero attached hydrogens (tertiary/aromatic N) is 3. The van der Waals surface area contributed by atoms with E-state index < -0.39 is 23.7 Å². The number of thioether (sulfide) groups is 1. The van der Waals surface area contributed by atoms with Crippen LogP contribution in [0.4, 0.5) is 29.3 Å². The summed E-state index contributed by atoms with van der Waals surface area (Å²) in [6.07, 6.45) is -3.16. The summed E-state index contributed by atoms with van der Waals surface area (Å²) >= 11 is 7.45. The minimum absolute atomic E-state index is 0.0717. The van der Waals surface area contributed by atoms with Gasteiger partial charge in [0.05, 0.1) is 27.4 Å². The Balaban J connectivity index is 1.52. The lowest BCUT2D eigenvalue weighted by molar-refractivity contribution is -0.137. The average molecular weight is 605 g/mol. The number of benzene rings is 3. The molecule has 0 aliphatic heterocycles. The van der Waals surface area contributed by atoms with Gasteiger partial charge in [-0.1, -0.05) is 35.8 Å². The summed E-state index contributed by atoms with van der Waals surface area (Å²) in [5.74, 6) is -0.454. The van der Waals surface area contributed by atoms with Crippen LogP contribution in [0.15, 0.2) is 75.8 Å². The monoisotopic (exact) mass is 604 g/mol. The van der Waals surface area contributed by atoms with Crippen LogP contribution < -0.4 is 5.32 Å². The van der Waals surface area contributed by atoms with Crippen LogP contribution in [0, 0.1) is 0 Å². The van der Waals surface area contributed by atoms with Crippen LogP contribution in [0.25, 0.3) is 10.9 Å². The Labute approximate surface area is 241 Å². The number of nitrogens with one attached hydrogen (secondary N) is 1. The predicted octanol–water partition coefficient (Wildman–Crippen LogP) is 8.78. The molecule has 41 heavy (non-hydrogen) atoms. The third kappa shape index (κ3) is 7.19. The van der Waals surface area contributed by atoms with E-state index >= 15 is 0 Å². The van der Waals surface area contributed by atoms with Crippen molar-refractivity contribution in [3.05, 3.63) is 82.4 Å². The zero-order valence-corrected chi connectivity index (χ0v) is 23.1. The van der Waals surface area contributed by atoms with Gasteiger partial charge >= 0.3 is 18.2 Å². The number of aryl methyl sites for hydroxylation is 2. The lowest BCUT2D eigenvalue weighted by atomic mass is 10.1. The van der Waals surface area contributed by atoms with Gasteiger partial charge in [0, 0.05) is 22.6 Å². The standard InChI is InChI=1S/C28H24ClF3N4O4S/c1-2-12-36-23-10-8-19(41-13-11-16-3-5-17(6-4-16)26(38)39)15-20(23)24(25(36)37)34-35-27(40)33-22-9-7-18(14-21(22)29)28(30,31)32/h3-10,14-15,37H,2,11-13H2,1H3,(H,33,40)(H,38,39). The Morgan fingerprint density at radius 3 is 2.44 bits per heavy atom. The van der Waals surface area contributed by atoms with Gasteiger partial charge in [0.1, 0.15) is 0 Å². The fourth-order valence-corrected chi connectivity index (χ4v) is 5.24. The fourth-order valence-electron chi connectivity index (χ4n) is 4.07. The maximum absolute atomic E-state index is 12.9. The van der Waals surface area contributed by atoms with Crippen molar-refractivity contribution in [1.29, 1.82) is 0 Å². The molecule has 3 N–H and O–H groups in total. The number of azo groups is 1. The van der Waals surface area contributed by atoms with Gasteiger partial charge in [0.25, 0.3) is 0 Å². The second-order valence-corrected chi connectivity index (χ2v) is 10.5. The van der Waals surface area contributed by atoms with E-state index in [2.05, 4.69) is 15.5 Å². The number of rotatable bonds is 9. The van der Waals surface area contributed by atoms with Crippen molar-refractivity contribution >= 4 is 57.6 Å². The smallest absolute Gasteiger partial charge is 0.416 e. The minimum Gasteiger partial charge on any atom is -0.493 e. The van der Waals surface area contributed by atoms with E-state index in [1.165, 1.54) is 0 Å². The molecule has 0 aliphatic rings. The number of halogens is 4. The molecule has 3 aromatic carbocycles. The number of aromatic carboxylic acids is 1. The molecule has 8 nitrogen and oxygen atoms in total. The zero-order chi connectivity index (χ0) is 29.7. The van der Waals surface area contributed by atoms with Gasteiger partial charge in [0.2, 0.25) is 5.88 Å². The van der Waals surface area contributed by atoms with Gasteiger partial charge < -0.3 is 20.1 Å². The second-order valence-electron chi connectivity index (χ2n) is 8.93. The van der Waals surface area contributed by atoms with Gasteiger partial charge in [-0.2, -0.15) is 13.2 Å². The van der Waals surface area contributed by atoms with Crippen molar-refractivity contribution in [2.24, 2.45) is 10.2 Å². The molecule has 0 saturated heterocycles. The second kappa shape index (κ2) is 12.6. The summed E-state index contributed by atoms with van der Waals surface area (Å²) in [5.41, 5.74) is 0.954. The number of aromatic nitrogens is 1. The maximum Gasteiger partial charge on any atom is 0.416 e. The van der Waals surface area contributed by atoms with E-state index in [4.69, 9.17) is 16.7 Å². The van der Waals surface area contributed by atoms with Crippen molar-refractivity contribution in [3.63, 3.8) is 0 Å². The number of hydrogen-bond donors (Lipinski definition) is 3. The molecule has 0 unspecified atom stereocenters. The van der Waals surface area contributed by atoms with E-state index in [-0.39, 0.29) is 27.8 Å². The molecule has 0 saturated carbocycles. The summed E-state index contributed by atoms with van der Waals surface area (Å²) in [6, 6.07) is 13.8. The van der Waals surface area contributed by atoms with E-state index in [1.807, 2.05) is 25.1 Å². The number of carboxylic acids is 1. The first-order valence-electron chi connectivity index (χ1n) is 12.4. The Hall–Kier alpha value is -4.03. The number of anilines is 1. The maximum atomic E-state index is 12.9. The number of carbonyl (C=O) groups excluding carboxylic acids is 1. The first-order chi connectivity index (χ1) is 19.5. The molecule has 1 aromatic heterocycles. The number of aromatic hydroxyl groups is 1. The van der Waals surface area contributed by atoms with Crippen LogP contribution in [0.1, 0.15) is 34.8 Å². The van der Waals surface area contributed by atoms with E-state index in [1.54, 1.807) is 40.6 Å². The molecule has 0 aliphatic carbocycles. The van der Waals surface area contributed by atoms with Crippen LogP contribution in [-0.4, -0.2) is 32.5 Å². The average Bonchev–Trinajstić information content (AvgIpc) is 3.18. The molecule has 4 rings (SSSR count). The number of carbonyl (C=O) groups is 2. The van der Waals surface area contributed by atoms with Gasteiger partial charge in [-0.15, -0.1) is 16.9 Å². The molecular formula is C28H24ClF3N4O4S. The Morgan fingerprint density at radius 2 is 1.80 bits per heavy atom. The van der Waals surface area contributed by atoms with Crippen LogP contribution >= 0.6 is 23.4 Å². The summed E-state index contributed by atoms with van der Waals surface area (Å²) in [5, 5.41) is 30.1. The Bertz CT molecular complexity index is 1620. The molecule has 2 amide bonds. The molecule has 0 fully saturated rings. The van der Waals surface area contributed by atoms with Crippen molar-refractivity contribution in [3.8, 4) is 5.88 Å². The van der Waals surface area contributed by atoms with Crippen LogP contribution in [0.3, 0.4) is 0 Å². The number of carboxylic acid groups (broad SMARTS) is 1. The highest BCUT2D eigenvalue weighted by atomic mass is 35.5. The predicted molar refractivity (Wildman–Crippen MR) is 152 cm³/mol. The molecule has 0 spiro atoms. The van der Waals surface area contributed by atoms with Gasteiger partial charge in [-0.05, 0) is 66.9 Å². The Morgan fingerprint density at radius 1 is 1.07 bits per heavy atom. The molecule has 214 valence electrons. The quantitative estimate of drug-likeness (QED) is 0.130. The number of hydrogen-bond acceptors (Lipinski definition) is 5. The normalized spacial score (nSPS) is 11.8. The third-order valence-corrected chi connectivity index (χ3v) is 7.38. The van der Waals surface area contributed by atoms with E-state index in [0.29, 0.717) is 35.7 Å². The van der Waals surface area contributed by atoms with Gasteiger partial charge in [-0.3, -0.25) is 0 Å². The summed E-state index contributed by atoms with van der Waals surface area (Å²) in [4.78, 5) is 24.3. The Kier molecular flexibility index (Phi) is 9.24. The summed E-state index contributed by atoms with van der Waals surface area (Å²) < 4.78 is 40.3. The molecule has 13 heteroatoms. The number of amides is 2. The molecule has 0 atom stereocenters. The van der Waals surface area contributed by atoms with Gasteiger partial charge in [0.15, 0.2) is 5.69 Å². The lowest BCUT2D eigenvalue weighted by Crippen LogP contribution is -2.08. The van der Waals surface area contributed by atoms with Crippen LogP contribution in [0.5, 0.6) is 5.88 Å². The first-order valence-corrected chi connectivity index (χ1v) is 13.7. The largest absolute Gasteiger partial charge is 0.493 e. The molecular weight excluding hydrogens is 581 g/mol. The summed E-state index contributed by atoms with van der Waals surface area (Å²) in [7, 11) is 0. The topological polar surface area (TPSA) is 116 Å². The lowest BCUT2D eigenvalue weighted by Gasteiger charge is -2.09. The zero-order valence-electron chi connectivity index (χ0n) is 21.6. The number of urea groups is 1. The molecule has 1 heterocycles. The van der Waals surface area contributed by atoms with E-state index in [0.717, 1.165) is 29.0 Å². The highest BCUT2D eigenvalue weighted by Gasteiger charge is 2.31. The molecule has 0 bridgehead atoms. The highest BCUT2D eigenvalue weighted by molar-refractivity contribution is 7.99. The van der Waals surface area contributed by atoms with Crippen molar-refractivity contribution in [2.75, 3.05) is 11.1 Å². The highest BCUT2D eigenvalue weighted by Crippen LogP contribution is 2.41. The SMILES string of the molecule is CCCn1c(O)c(N=NC(=O)Nc2ccc(C(F)(F)F)cc2Cl)c2cc(SCCc3ccc(C(=O)O)cc3)ccc21. The molecule has 4 aromatic rings. The van der Waals surface area contributed by atoms with Gasteiger partial charge in [-0.25, -0.2) is 9.59 Å². The fraction of sp³-hybridized carbons (Fsp3) is 0.214. The first kappa shape index (κ1) is 29.9. The van der Waals surface area contributed by atoms with E-state index in [9.17, 15) is 27.9 Å². The number of fused-ring (bicyclic) bond motifs is 1. The molecule has 0 radical (unpaired) electrons. The summed E-state index contributed by atoms with van der Waals surface area (Å²) in [6.45, 7) is 2.44. The van der Waals surface area contributed by atoms with Crippen molar-refractivity contribution in [1.82, 2.24) is 4.57 Å². The van der Waals surface area contributed by atoms with Crippen LogP contribution in [-0.2, 0) is 19.1 Å². The minimum atomic E-state index is -4.58. The number of alkyl halides is 3. The van der Waals surface area contributed by atoms with Crippen LogP contribution in [0.2, 0.25) is 5.02 Å².